The zero-order chi connectivity index (χ0) is 16.8. The number of benzene rings is 1. The second kappa shape index (κ2) is 9.57. The molecule has 0 aliphatic heterocycles. The van der Waals surface area contributed by atoms with Crippen LogP contribution < -0.4 is 40.6 Å². The molecule has 0 saturated heterocycles. The predicted molar refractivity (Wildman–Crippen MR) is 77.5 cm³/mol. The summed E-state index contributed by atoms with van der Waals surface area (Å²) in [6.07, 6.45) is 0. The Balaban J connectivity index is 0.00000484. The molecule has 0 spiro atoms. The van der Waals surface area contributed by atoms with Crippen LogP contribution >= 0.6 is 0 Å². The van der Waals surface area contributed by atoms with E-state index in [-0.39, 0.29) is 41.7 Å². The van der Waals surface area contributed by atoms with E-state index in [1.54, 1.807) is 12.1 Å². The van der Waals surface area contributed by atoms with Gasteiger partial charge < -0.3 is 15.6 Å². The van der Waals surface area contributed by atoms with Crippen LogP contribution in [0.3, 0.4) is 0 Å². The number of hydrogen-bond acceptors (Lipinski definition) is 8. The van der Waals surface area contributed by atoms with Crippen LogP contribution in [0.2, 0.25) is 0 Å². The van der Waals surface area contributed by atoms with Gasteiger partial charge in [0.2, 0.25) is 10.4 Å². The molecule has 124 valence electrons. The molecular formula is C11H15N2NaO7S2. The number of rotatable bonds is 8. The molecule has 1 rings (SSSR count). The van der Waals surface area contributed by atoms with Crippen molar-refractivity contribution in [3.05, 3.63) is 29.8 Å². The van der Waals surface area contributed by atoms with Crippen molar-refractivity contribution in [2.75, 3.05) is 30.4 Å². The number of carbonyl (C=O) groups is 1. The minimum absolute atomic E-state index is 0. The van der Waals surface area contributed by atoms with Gasteiger partial charge in [-0.25, -0.2) is 16.8 Å². The van der Waals surface area contributed by atoms with Gasteiger partial charge in [-0.05, 0) is 18.2 Å². The molecule has 12 heteroatoms. The van der Waals surface area contributed by atoms with Crippen LogP contribution in [0.1, 0.15) is 10.4 Å². The van der Waals surface area contributed by atoms with Gasteiger partial charge in [0, 0.05) is 17.8 Å². The Bertz CT molecular complexity index is 734. The SMILES string of the molecule is Nc1cccc(C(=O)NCCS(=O)(=O)CCOS(=O)(=O)[O-])c1.[Na+]. The molecule has 0 bridgehead atoms. The zero-order valence-electron chi connectivity index (χ0n) is 12.4. The van der Waals surface area contributed by atoms with Crippen LogP contribution in [0, 0.1) is 0 Å². The first-order valence-corrected chi connectivity index (χ1v) is 9.19. The van der Waals surface area contributed by atoms with Crippen molar-refractivity contribution in [1.82, 2.24) is 5.32 Å². The van der Waals surface area contributed by atoms with E-state index < -0.39 is 44.3 Å². The normalized spacial score (nSPS) is 11.5. The number of nitrogens with two attached hydrogens (primary N) is 1. The molecule has 0 fully saturated rings. The third-order valence-electron chi connectivity index (χ3n) is 2.47. The van der Waals surface area contributed by atoms with Gasteiger partial charge in [0.25, 0.3) is 5.91 Å². The Morgan fingerprint density at radius 2 is 1.87 bits per heavy atom. The van der Waals surface area contributed by atoms with Crippen molar-refractivity contribution in [2.24, 2.45) is 0 Å². The first kappa shape index (κ1) is 22.3. The van der Waals surface area contributed by atoms with Gasteiger partial charge in [0.15, 0.2) is 9.84 Å². The second-order valence-corrected chi connectivity index (χ2v) is 7.62. The van der Waals surface area contributed by atoms with Gasteiger partial charge >= 0.3 is 29.6 Å². The average molecular weight is 374 g/mol. The summed E-state index contributed by atoms with van der Waals surface area (Å²) in [5, 5.41) is 2.39. The summed E-state index contributed by atoms with van der Waals surface area (Å²) in [6, 6.07) is 6.15. The van der Waals surface area contributed by atoms with Gasteiger partial charge in [-0.2, -0.15) is 0 Å². The summed E-state index contributed by atoms with van der Waals surface area (Å²) < 4.78 is 57.4. The molecule has 1 aromatic rings. The average Bonchev–Trinajstić information content (AvgIpc) is 2.36. The molecule has 3 N–H and O–H groups in total. The second-order valence-electron chi connectivity index (χ2n) is 4.26. The molecule has 9 nitrogen and oxygen atoms in total. The predicted octanol–water partition coefficient (Wildman–Crippen LogP) is -4.11. The Morgan fingerprint density at radius 3 is 2.43 bits per heavy atom. The standard InChI is InChI=1S/C11H16N2O7S2.Na/c12-10-3-1-2-9(8-10)11(14)13-4-6-21(15,16)7-5-20-22(17,18)19;/h1-3,8H,4-7,12H2,(H,13,14)(H,17,18,19);/q;+1/p-1. The number of anilines is 1. The number of sulfone groups is 1. The molecule has 0 atom stereocenters. The molecule has 0 radical (unpaired) electrons. The van der Waals surface area contributed by atoms with Gasteiger partial charge in [0.1, 0.15) is 0 Å². The summed E-state index contributed by atoms with van der Waals surface area (Å²) in [4.78, 5) is 11.7. The quantitative estimate of drug-likeness (QED) is 0.201. The summed E-state index contributed by atoms with van der Waals surface area (Å²) in [5.74, 6) is -1.53. The van der Waals surface area contributed by atoms with Crippen molar-refractivity contribution in [3.8, 4) is 0 Å². The number of carbonyl (C=O) groups excluding carboxylic acids is 1. The number of hydrogen-bond donors (Lipinski definition) is 2. The van der Waals surface area contributed by atoms with E-state index in [0.717, 1.165) is 0 Å². The largest absolute Gasteiger partial charge is 1.00 e. The van der Waals surface area contributed by atoms with E-state index in [1.165, 1.54) is 12.1 Å². The Kier molecular flexibility index (Phi) is 9.28. The molecular weight excluding hydrogens is 359 g/mol. The van der Waals surface area contributed by atoms with Crippen LogP contribution in [0.5, 0.6) is 0 Å². The molecule has 1 amide bonds. The molecule has 0 aliphatic rings. The summed E-state index contributed by atoms with van der Waals surface area (Å²) in [5.41, 5.74) is 6.21. The smallest absolute Gasteiger partial charge is 0.726 e. The molecule has 1 aromatic carbocycles. The van der Waals surface area contributed by atoms with Gasteiger partial charge in [-0.3, -0.25) is 8.98 Å². The summed E-state index contributed by atoms with van der Waals surface area (Å²) in [6.45, 7) is -0.919. The van der Waals surface area contributed by atoms with Crippen molar-refractivity contribution < 1.29 is 59.9 Å². The van der Waals surface area contributed by atoms with Crippen LogP contribution in [0.25, 0.3) is 0 Å². The van der Waals surface area contributed by atoms with E-state index in [9.17, 15) is 26.2 Å². The van der Waals surface area contributed by atoms with Gasteiger partial charge in [-0.1, -0.05) is 6.07 Å². The van der Waals surface area contributed by atoms with Crippen molar-refractivity contribution >= 4 is 31.8 Å². The number of amides is 1. The molecule has 0 saturated carbocycles. The first-order valence-electron chi connectivity index (χ1n) is 6.03. The van der Waals surface area contributed by atoms with Crippen molar-refractivity contribution in [3.63, 3.8) is 0 Å². The Morgan fingerprint density at radius 1 is 1.22 bits per heavy atom. The summed E-state index contributed by atoms with van der Waals surface area (Å²) in [7, 11) is -8.57. The van der Waals surface area contributed by atoms with Gasteiger partial charge in [-0.15, -0.1) is 0 Å². The third kappa shape index (κ3) is 9.91. The maximum absolute atomic E-state index is 11.7. The summed E-state index contributed by atoms with van der Waals surface area (Å²) >= 11 is 0. The van der Waals surface area contributed by atoms with E-state index in [4.69, 9.17) is 5.73 Å². The van der Waals surface area contributed by atoms with E-state index in [0.29, 0.717) is 5.69 Å². The zero-order valence-corrected chi connectivity index (χ0v) is 16.0. The van der Waals surface area contributed by atoms with E-state index >= 15 is 0 Å². The molecule has 0 unspecified atom stereocenters. The minimum Gasteiger partial charge on any atom is -0.726 e. The van der Waals surface area contributed by atoms with Crippen LogP contribution in [0.4, 0.5) is 5.69 Å². The number of nitrogen functional groups attached to an aromatic ring is 1. The van der Waals surface area contributed by atoms with Crippen molar-refractivity contribution in [1.29, 1.82) is 0 Å². The fourth-order valence-electron chi connectivity index (χ4n) is 1.47. The van der Waals surface area contributed by atoms with Crippen molar-refractivity contribution in [2.45, 2.75) is 0 Å². The molecule has 0 aromatic heterocycles. The maximum Gasteiger partial charge on any atom is 1.00 e. The van der Waals surface area contributed by atoms with Crippen LogP contribution in [-0.4, -0.2) is 52.0 Å². The maximum atomic E-state index is 11.7. The van der Waals surface area contributed by atoms with E-state index in [1.807, 2.05) is 0 Å². The third-order valence-corrected chi connectivity index (χ3v) is 4.54. The molecule has 23 heavy (non-hydrogen) atoms. The molecule has 0 aliphatic carbocycles. The van der Waals surface area contributed by atoms with Crippen LogP contribution in [-0.2, 0) is 24.4 Å². The van der Waals surface area contributed by atoms with E-state index in [2.05, 4.69) is 9.50 Å². The monoisotopic (exact) mass is 374 g/mol. The topological polar surface area (TPSA) is 156 Å². The minimum atomic E-state index is -4.92. The fourth-order valence-corrected chi connectivity index (χ4v) is 2.81. The Hall–Kier alpha value is -0.690. The van der Waals surface area contributed by atoms with Crippen LogP contribution in [0.15, 0.2) is 24.3 Å². The fraction of sp³-hybridized carbons (Fsp3) is 0.364. The van der Waals surface area contributed by atoms with Gasteiger partial charge in [0.05, 0.1) is 18.1 Å². The molecule has 0 heterocycles. The number of nitrogens with one attached hydrogen (secondary N) is 1. The first-order chi connectivity index (χ1) is 10.1. The Labute approximate surface area is 156 Å².